The van der Waals surface area contributed by atoms with Gasteiger partial charge in [-0.1, -0.05) is 12.1 Å². The number of carbonyl (C=O) groups is 2. The number of benzene rings is 1. The summed E-state index contributed by atoms with van der Waals surface area (Å²) < 4.78 is 6.49. The van der Waals surface area contributed by atoms with Crippen LogP contribution in [-0.2, 0) is 9.59 Å². The smallest absolute Gasteiger partial charge is 0.267 e. The second-order valence-corrected chi connectivity index (χ2v) is 6.86. The Hall–Kier alpha value is -2.41. The minimum Gasteiger partial charge on any atom is -0.479 e. The van der Waals surface area contributed by atoms with E-state index in [4.69, 9.17) is 4.74 Å². The first-order chi connectivity index (χ1) is 12.5. The van der Waals surface area contributed by atoms with E-state index in [2.05, 4.69) is 20.9 Å². The summed E-state index contributed by atoms with van der Waals surface area (Å²) in [7, 11) is 0. The molecule has 7 heteroatoms. The van der Waals surface area contributed by atoms with Crippen molar-refractivity contribution in [2.24, 2.45) is 0 Å². The summed E-state index contributed by atoms with van der Waals surface area (Å²) in [6, 6.07) is 11.0. The third-order valence-corrected chi connectivity index (χ3v) is 4.70. The highest BCUT2D eigenvalue weighted by molar-refractivity contribution is 9.10. The molecule has 0 N–H and O–H groups in total. The van der Waals surface area contributed by atoms with Gasteiger partial charge in [0.25, 0.3) is 5.91 Å². The maximum absolute atomic E-state index is 12.7. The molecule has 2 heterocycles. The summed E-state index contributed by atoms with van der Waals surface area (Å²) in [4.78, 5) is 32.7. The van der Waals surface area contributed by atoms with Crippen LogP contribution in [0.1, 0.15) is 20.3 Å². The van der Waals surface area contributed by atoms with Crippen molar-refractivity contribution in [2.75, 3.05) is 22.9 Å². The molecule has 0 radical (unpaired) electrons. The van der Waals surface area contributed by atoms with Crippen molar-refractivity contribution < 1.29 is 14.3 Å². The molecule has 1 unspecified atom stereocenters. The second-order valence-electron chi connectivity index (χ2n) is 5.94. The quantitative estimate of drug-likeness (QED) is 0.747. The molecule has 2 aromatic rings. The maximum atomic E-state index is 12.7. The number of para-hydroxylation sites is 2. The molecule has 1 aromatic heterocycles. The lowest BCUT2D eigenvalue weighted by atomic mass is 10.1. The van der Waals surface area contributed by atoms with E-state index < -0.39 is 6.10 Å². The van der Waals surface area contributed by atoms with E-state index >= 15 is 0 Å². The molecule has 1 atom stereocenters. The zero-order valence-electron chi connectivity index (χ0n) is 14.7. The van der Waals surface area contributed by atoms with Gasteiger partial charge >= 0.3 is 0 Å². The normalized spacial score (nSPS) is 16.0. The fraction of sp³-hybridized carbons (Fsp3) is 0.316. The van der Waals surface area contributed by atoms with Crippen LogP contribution in [0.3, 0.4) is 0 Å². The first-order valence-corrected chi connectivity index (χ1v) is 9.29. The summed E-state index contributed by atoms with van der Waals surface area (Å²) in [6.45, 7) is 4.43. The molecule has 0 aliphatic carbocycles. The molecule has 26 heavy (non-hydrogen) atoms. The van der Waals surface area contributed by atoms with Gasteiger partial charge in [-0.05, 0) is 54.0 Å². The summed E-state index contributed by atoms with van der Waals surface area (Å²) in [5.74, 6) is 1.05. The minimum atomic E-state index is -0.560. The van der Waals surface area contributed by atoms with Gasteiger partial charge in [0.05, 0.1) is 5.69 Å². The molecular weight excluding hydrogens is 398 g/mol. The van der Waals surface area contributed by atoms with Crippen molar-refractivity contribution in [3.05, 3.63) is 47.1 Å². The van der Waals surface area contributed by atoms with E-state index in [9.17, 15) is 9.59 Å². The molecule has 0 bridgehead atoms. The van der Waals surface area contributed by atoms with Crippen LogP contribution in [0.2, 0.25) is 0 Å². The van der Waals surface area contributed by atoms with Gasteiger partial charge in [0.1, 0.15) is 11.6 Å². The molecule has 0 spiro atoms. The van der Waals surface area contributed by atoms with Crippen LogP contribution in [0.25, 0.3) is 0 Å². The van der Waals surface area contributed by atoms with Gasteiger partial charge in [-0.15, -0.1) is 0 Å². The average Bonchev–Trinajstić information content (AvgIpc) is 2.64. The standard InChI is InChI=1S/C19H20BrN3O3/c1-3-22(17-9-8-14(20)12-21-17)18(24)10-11-23-15-6-4-5-7-16(15)26-13(2)19(23)25/h4-9,12-13H,3,10-11H2,1-2H3. The number of hydrogen-bond donors (Lipinski definition) is 0. The number of fused-ring (bicyclic) bond motifs is 1. The van der Waals surface area contributed by atoms with Crippen molar-refractivity contribution in [1.82, 2.24) is 4.98 Å². The highest BCUT2D eigenvalue weighted by atomic mass is 79.9. The molecule has 0 saturated heterocycles. The zero-order chi connectivity index (χ0) is 18.7. The number of aromatic nitrogens is 1. The molecule has 1 aliphatic heterocycles. The van der Waals surface area contributed by atoms with E-state index in [0.29, 0.717) is 30.3 Å². The number of carbonyl (C=O) groups excluding carboxylic acids is 2. The number of rotatable bonds is 5. The Balaban J connectivity index is 1.74. The number of ether oxygens (including phenoxy) is 1. The number of halogens is 1. The number of pyridine rings is 1. The molecular formula is C19H20BrN3O3. The van der Waals surface area contributed by atoms with Gasteiger partial charge in [0, 0.05) is 30.2 Å². The van der Waals surface area contributed by atoms with E-state index in [1.54, 1.807) is 29.0 Å². The van der Waals surface area contributed by atoms with Crippen molar-refractivity contribution in [3.8, 4) is 5.75 Å². The Morgan fingerprint density at radius 3 is 2.77 bits per heavy atom. The van der Waals surface area contributed by atoms with Gasteiger partial charge in [-0.3, -0.25) is 14.5 Å². The predicted octanol–water partition coefficient (Wildman–Crippen LogP) is 3.40. The van der Waals surface area contributed by atoms with Crippen LogP contribution in [-0.4, -0.2) is 36.0 Å². The SMILES string of the molecule is CCN(C(=O)CCN1C(=O)C(C)Oc2ccccc21)c1ccc(Br)cn1. The summed E-state index contributed by atoms with van der Waals surface area (Å²) in [5, 5.41) is 0. The monoisotopic (exact) mass is 417 g/mol. The summed E-state index contributed by atoms with van der Waals surface area (Å²) in [6.07, 6.45) is 1.31. The summed E-state index contributed by atoms with van der Waals surface area (Å²) >= 11 is 3.34. The topological polar surface area (TPSA) is 62.7 Å². The van der Waals surface area contributed by atoms with Crippen LogP contribution in [0, 0.1) is 0 Å². The van der Waals surface area contributed by atoms with E-state index in [-0.39, 0.29) is 18.2 Å². The van der Waals surface area contributed by atoms with Gasteiger partial charge in [-0.25, -0.2) is 4.98 Å². The van der Waals surface area contributed by atoms with Crippen molar-refractivity contribution >= 4 is 39.2 Å². The highest BCUT2D eigenvalue weighted by Crippen LogP contribution is 2.33. The largest absolute Gasteiger partial charge is 0.479 e. The Morgan fingerprint density at radius 2 is 2.08 bits per heavy atom. The molecule has 1 aromatic carbocycles. The average molecular weight is 418 g/mol. The van der Waals surface area contributed by atoms with Crippen LogP contribution in [0.4, 0.5) is 11.5 Å². The first-order valence-electron chi connectivity index (χ1n) is 8.50. The van der Waals surface area contributed by atoms with E-state index in [1.165, 1.54) is 0 Å². The van der Waals surface area contributed by atoms with Crippen LogP contribution < -0.4 is 14.5 Å². The Labute approximate surface area is 160 Å². The molecule has 2 amide bonds. The third kappa shape index (κ3) is 3.72. The molecule has 136 valence electrons. The number of nitrogens with zero attached hydrogens (tertiary/aromatic N) is 3. The van der Waals surface area contributed by atoms with Crippen molar-refractivity contribution in [3.63, 3.8) is 0 Å². The lowest BCUT2D eigenvalue weighted by Crippen LogP contribution is -2.46. The molecule has 0 saturated carbocycles. The zero-order valence-corrected chi connectivity index (χ0v) is 16.3. The minimum absolute atomic E-state index is 0.0771. The van der Waals surface area contributed by atoms with Gasteiger partial charge < -0.3 is 9.64 Å². The lowest BCUT2D eigenvalue weighted by molar-refractivity contribution is -0.125. The summed E-state index contributed by atoms with van der Waals surface area (Å²) in [5.41, 5.74) is 0.702. The fourth-order valence-electron chi connectivity index (χ4n) is 2.93. The molecule has 3 rings (SSSR count). The van der Waals surface area contributed by atoms with Crippen molar-refractivity contribution in [1.29, 1.82) is 0 Å². The Bertz CT molecular complexity index is 810. The van der Waals surface area contributed by atoms with Gasteiger partial charge in [0.2, 0.25) is 5.91 Å². The van der Waals surface area contributed by atoms with Crippen molar-refractivity contribution in [2.45, 2.75) is 26.4 Å². The second kappa shape index (κ2) is 7.86. The predicted molar refractivity (Wildman–Crippen MR) is 103 cm³/mol. The number of anilines is 2. The number of hydrogen-bond acceptors (Lipinski definition) is 4. The Morgan fingerprint density at radius 1 is 1.31 bits per heavy atom. The number of amides is 2. The first kappa shape index (κ1) is 18.4. The van der Waals surface area contributed by atoms with E-state index in [1.807, 2.05) is 37.3 Å². The Kier molecular flexibility index (Phi) is 5.56. The van der Waals surface area contributed by atoms with Gasteiger partial charge in [0.15, 0.2) is 6.10 Å². The molecule has 6 nitrogen and oxygen atoms in total. The lowest BCUT2D eigenvalue weighted by Gasteiger charge is -2.33. The molecule has 1 aliphatic rings. The fourth-order valence-corrected chi connectivity index (χ4v) is 3.16. The van der Waals surface area contributed by atoms with Crippen LogP contribution in [0.5, 0.6) is 5.75 Å². The highest BCUT2D eigenvalue weighted by Gasteiger charge is 2.31. The van der Waals surface area contributed by atoms with Crippen LogP contribution >= 0.6 is 15.9 Å². The maximum Gasteiger partial charge on any atom is 0.267 e. The van der Waals surface area contributed by atoms with Crippen LogP contribution in [0.15, 0.2) is 47.1 Å². The molecule has 0 fully saturated rings. The third-order valence-electron chi connectivity index (χ3n) is 4.23. The van der Waals surface area contributed by atoms with E-state index in [0.717, 1.165) is 4.47 Å². The van der Waals surface area contributed by atoms with Gasteiger partial charge in [-0.2, -0.15) is 0 Å².